The fraction of sp³-hybridized carbons (Fsp3) is 0.227. The minimum absolute atomic E-state index is 0. The molecule has 2 N–H and O–H groups in total. The second kappa shape index (κ2) is 11.8. The molecule has 0 saturated heterocycles. The van der Waals surface area contributed by atoms with Crippen LogP contribution in [0.15, 0.2) is 66.9 Å². The third-order valence-corrected chi connectivity index (χ3v) is 4.00. The first kappa shape index (κ1) is 24.1. The van der Waals surface area contributed by atoms with Gasteiger partial charge in [0, 0.05) is 44.8 Å². The van der Waals surface area contributed by atoms with Gasteiger partial charge in [-0.05, 0) is 31.2 Å². The molecule has 2 atom stereocenters. The van der Waals surface area contributed by atoms with Crippen LogP contribution in [0.1, 0.15) is 25.3 Å². The van der Waals surface area contributed by atoms with Gasteiger partial charge in [0.25, 0.3) is 0 Å². The molecule has 2 aromatic carbocycles. The van der Waals surface area contributed by atoms with Crippen molar-refractivity contribution in [2.24, 2.45) is 0 Å². The summed E-state index contributed by atoms with van der Waals surface area (Å²) in [5.41, 5.74) is 1.62. The van der Waals surface area contributed by atoms with Crippen LogP contribution in [0.4, 0.5) is 8.78 Å². The van der Waals surface area contributed by atoms with Gasteiger partial charge in [0.05, 0.1) is 12.2 Å². The van der Waals surface area contributed by atoms with Gasteiger partial charge in [0.2, 0.25) is 0 Å². The summed E-state index contributed by atoms with van der Waals surface area (Å²) in [6, 6.07) is 19.1. The Kier molecular flexibility index (Phi) is 10.2. The molecule has 3 nitrogen and oxygen atoms in total. The Balaban J connectivity index is 0.000000271. The molecule has 0 amide bonds. The maximum Gasteiger partial charge on any atom is 0.0605 e. The minimum atomic E-state index is -0.649. The van der Waals surface area contributed by atoms with E-state index in [1.807, 2.05) is 30.3 Å². The first-order chi connectivity index (χ1) is 12.9. The van der Waals surface area contributed by atoms with Crippen LogP contribution in [0.25, 0.3) is 11.3 Å². The molecule has 1 heterocycles. The Morgan fingerprint density at radius 2 is 1.54 bits per heavy atom. The second-order valence-electron chi connectivity index (χ2n) is 6.17. The van der Waals surface area contributed by atoms with Gasteiger partial charge in [0.1, 0.15) is 0 Å². The zero-order valence-corrected chi connectivity index (χ0v) is 17.8. The third kappa shape index (κ3) is 6.90. The monoisotopic (exact) mass is 565 g/mol. The number of aromatic nitrogens is 1. The van der Waals surface area contributed by atoms with Gasteiger partial charge in [0.15, 0.2) is 0 Å². The SMILES string of the molecule is CC(O)C(c1ccccc1)C(C)O.Fc1c[c-]c(-c2ccccn2)c(F)c1.[Pt]. The van der Waals surface area contributed by atoms with Crippen molar-refractivity contribution in [3.8, 4) is 11.3 Å². The molecule has 0 spiro atoms. The van der Waals surface area contributed by atoms with Crippen molar-refractivity contribution < 1.29 is 40.1 Å². The fourth-order valence-electron chi connectivity index (χ4n) is 2.79. The summed E-state index contributed by atoms with van der Waals surface area (Å²) in [5.74, 6) is -1.48. The van der Waals surface area contributed by atoms with Crippen LogP contribution in [0.2, 0.25) is 0 Å². The van der Waals surface area contributed by atoms with Gasteiger partial charge < -0.3 is 15.2 Å². The first-order valence-corrected chi connectivity index (χ1v) is 8.59. The summed E-state index contributed by atoms with van der Waals surface area (Å²) in [6.07, 6.45) is 0.496. The standard InChI is InChI=1S/C11H6F2N.C11H16O2.Pt/c12-8-4-5-9(10(13)7-8)11-3-1-2-6-14-11;1-8(12)11(9(2)13)10-6-4-3-5-7-10;/h1-4,6-7H;3-9,11-13H,1-2H3;/q-1;;. The van der Waals surface area contributed by atoms with Gasteiger partial charge in [-0.2, -0.15) is 0 Å². The van der Waals surface area contributed by atoms with E-state index >= 15 is 0 Å². The number of aliphatic hydroxyl groups excluding tert-OH is 2. The van der Waals surface area contributed by atoms with Gasteiger partial charge in [-0.15, -0.1) is 12.1 Å². The van der Waals surface area contributed by atoms with Gasteiger partial charge in [-0.3, -0.25) is 8.78 Å². The fourth-order valence-corrected chi connectivity index (χ4v) is 2.79. The zero-order chi connectivity index (χ0) is 19.8. The molecule has 152 valence electrons. The largest absolute Gasteiger partial charge is 0.393 e. The number of hydrogen-bond donors (Lipinski definition) is 2. The average Bonchev–Trinajstić information content (AvgIpc) is 2.63. The topological polar surface area (TPSA) is 53.4 Å². The Labute approximate surface area is 178 Å². The van der Waals surface area contributed by atoms with Crippen molar-refractivity contribution in [3.63, 3.8) is 0 Å². The van der Waals surface area contributed by atoms with E-state index in [9.17, 15) is 19.0 Å². The molecule has 0 radical (unpaired) electrons. The summed E-state index contributed by atoms with van der Waals surface area (Å²) in [5, 5.41) is 19.0. The molecule has 3 rings (SSSR count). The van der Waals surface area contributed by atoms with Crippen molar-refractivity contribution in [3.05, 3.63) is 90.1 Å². The summed E-state index contributed by atoms with van der Waals surface area (Å²) in [6.45, 7) is 3.40. The molecule has 0 aliphatic carbocycles. The van der Waals surface area contributed by atoms with E-state index in [0.717, 1.165) is 17.7 Å². The summed E-state index contributed by atoms with van der Waals surface area (Å²) in [7, 11) is 0. The van der Waals surface area contributed by atoms with E-state index in [1.54, 1.807) is 38.2 Å². The predicted molar refractivity (Wildman–Crippen MR) is 101 cm³/mol. The number of pyridine rings is 1. The Morgan fingerprint density at radius 3 is 2.04 bits per heavy atom. The van der Waals surface area contributed by atoms with Crippen LogP contribution in [0, 0.1) is 17.7 Å². The summed E-state index contributed by atoms with van der Waals surface area (Å²) in [4.78, 5) is 3.95. The minimum Gasteiger partial charge on any atom is -0.393 e. The normalized spacial score (nSPS) is 13.4. The number of hydrogen-bond acceptors (Lipinski definition) is 3. The Morgan fingerprint density at radius 1 is 0.929 bits per heavy atom. The maximum absolute atomic E-state index is 13.2. The number of rotatable bonds is 4. The molecule has 0 aliphatic rings. The predicted octanol–water partition coefficient (Wildman–Crippen LogP) is 4.36. The smallest absolute Gasteiger partial charge is 0.0605 e. The molecule has 0 saturated carbocycles. The van der Waals surface area contributed by atoms with Gasteiger partial charge in [-0.1, -0.05) is 54.1 Å². The van der Waals surface area contributed by atoms with Crippen LogP contribution in [-0.4, -0.2) is 27.4 Å². The Bertz CT molecular complexity index is 822. The summed E-state index contributed by atoms with van der Waals surface area (Å²) < 4.78 is 25.8. The number of nitrogens with zero attached hydrogens (tertiary/aromatic N) is 1. The molecule has 0 bridgehead atoms. The van der Waals surface area contributed by atoms with Crippen molar-refractivity contribution >= 4 is 0 Å². The number of aliphatic hydroxyl groups is 2. The van der Waals surface area contributed by atoms with Crippen LogP contribution in [0.3, 0.4) is 0 Å². The second-order valence-corrected chi connectivity index (χ2v) is 6.17. The third-order valence-electron chi connectivity index (χ3n) is 4.00. The molecule has 3 aromatic rings. The van der Waals surface area contributed by atoms with Crippen LogP contribution in [0.5, 0.6) is 0 Å². The quantitative estimate of drug-likeness (QED) is 0.463. The van der Waals surface area contributed by atoms with Crippen molar-refractivity contribution in [1.29, 1.82) is 0 Å². The summed E-state index contributed by atoms with van der Waals surface area (Å²) >= 11 is 0. The Hall–Kier alpha value is -1.94. The van der Waals surface area contributed by atoms with E-state index in [2.05, 4.69) is 11.1 Å². The molecule has 1 aromatic heterocycles. The first-order valence-electron chi connectivity index (χ1n) is 8.59. The molecule has 0 fully saturated rings. The van der Waals surface area contributed by atoms with Crippen molar-refractivity contribution in [2.45, 2.75) is 32.0 Å². The van der Waals surface area contributed by atoms with Crippen LogP contribution in [-0.2, 0) is 21.1 Å². The van der Waals surface area contributed by atoms with Gasteiger partial charge in [-0.25, -0.2) is 0 Å². The van der Waals surface area contributed by atoms with Crippen LogP contribution < -0.4 is 0 Å². The van der Waals surface area contributed by atoms with Crippen molar-refractivity contribution in [2.75, 3.05) is 0 Å². The molecule has 2 unspecified atom stereocenters. The average molecular weight is 565 g/mol. The zero-order valence-electron chi connectivity index (χ0n) is 15.5. The van der Waals surface area contributed by atoms with E-state index in [-0.39, 0.29) is 32.5 Å². The molecular weight excluding hydrogens is 543 g/mol. The van der Waals surface area contributed by atoms with E-state index < -0.39 is 23.8 Å². The van der Waals surface area contributed by atoms with Gasteiger partial charge >= 0.3 is 0 Å². The van der Waals surface area contributed by atoms with Crippen LogP contribution >= 0.6 is 0 Å². The maximum atomic E-state index is 13.2. The molecule has 28 heavy (non-hydrogen) atoms. The van der Waals surface area contributed by atoms with E-state index in [0.29, 0.717) is 5.69 Å². The molecule has 0 aliphatic heterocycles. The van der Waals surface area contributed by atoms with E-state index in [4.69, 9.17) is 0 Å². The number of benzene rings is 2. The molecular formula is C22H22F2NO2Pt-. The number of halogens is 2. The van der Waals surface area contributed by atoms with Crippen molar-refractivity contribution in [1.82, 2.24) is 4.98 Å². The van der Waals surface area contributed by atoms with E-state index in [1.165, 1.54) is 0 Å². The molecule has 6 heteroatoms.